The minimum Gasteiger partial charge on any atom is -0.507 e. The molecule has 1 fully saturated rings. The zero-order chi connectivity index (χ0) is 17.4. The number of phenols is 1. The van der Waals surface area contributed by atoms with Crippen LogP contribution in [0.3, 0.4) is 0 Å². The monoisotopic (exact) mass is 342 g/mol. The van der Waals surface area contributed by atoms with Crippen LogP contribution in [0.5, 0.6) is 5.75 Å². The van der Waals surface area contributed by atoms with Crippen molar-refractivity contribution in [1.82, 2.24) is 14.6 Å². The van der Waals surface area contributed by atoms with Crippen LogP contribution in [0.2, 0.25) is 0 Å². The van der Waals surface area contributed by atoms with E-state index in [1.165, 1.54) is 12.1 Å². The van der Waals surface area contributed by atoms with Gasteiger partial charge in [0.1, 0.15) is 17.3 Å². The molecule has 3 aromatic rings. The van der Waals surface area contributed by atoms with Gasteiger partial charge in [-0.25, -0.2) is 4.39 Å². The smallest absolute Gasteiger partial charge is 0.228 e. The molecule has 1 aliphatic heterocycles. The van der Waals surface area contributed by atoms with Crippen molar-refractivity contribution >= 4 is 11.5 Å². The predicted octanol–water partition coefficient (Wildman–Crippen LogP) is 3.14. The third-order valence-corrected chi connectivity index (χ3v) is 4.41. The Bertz CT molecular complexity index is 896. The Morgan fingerprint density at radius 3 is 3.00 bits per heavy atom. The molecule has 1 atom stereocenters. The molecule has 130 valence electrons. The van der Waals surface area contributed by atoms with Gasteiger partial charge < -0.3 is 15.2 Å². The number of ether oxygens (including phenoxy) is 1. The lowest BCUT2D eigenvalue weighted by molar-refractivity contribution is 0.0873. The average Bonchev–Trinajstić information content (AvgIpc) is 3.07. The molecule has 0 unspecified atom stereocenters. The molecule has 2 N–H and O–H groups in total. The fourth-order valence-electron chi connectivity index (χ4n) is 3.23. The van der Waals surface area contributed by atoms with Crippen molar-refractivity contribution in [2.45, 2.75) is 25.8 Å². The van der Waals surface area contributed by atoms with E-state index in [4.69, 9.17) is 4.74 Å². The Morgan fingerprint density at radius 1 is 1.36 bits per heavy atom. The van der Waals surface area contributed by atoms with Gasteiger partial charge in [-0.1, -0.05) is 0 Å². The Labute approximate surface area is 144 Å². The molecule has 0 aliphatic carbocycles. The quantitative estimate of drug-likeness (QED) is 0.765. The summed E-state index contributed by atoms with van der Waals surface area (Å²) in [7, 11) is 0. The normalized spacial score (nSPS) is 17.8. The number of aromatic hydroxyl groups is 1. The molecule has 0 amide bonds. The van der Waals surface area contributed by atoms with Crippen LogP contribution >= 0.6 is 0 Å². The summed E-state index contributed by atoms with van der Waals surface area (Å²) < 4.78 is 21.7. The molecule has 7 heteroatoms. The summed E-state index contributed by atoms with van der Waals surface area (Å²) in [6.45, 7) is 3.14. The molecular weight excluding hydrogens is 323 g/mol. The minimum atomic E-state index is -0.517. The van der Waals surface area contributed by atoms with Gasteiger partial charge in [0.05, 0.1) is 23.7 Å². The highest BCUT2D eigenvalue weighted by molar-refractivity contribution is 5.81. The lowest BCUT2D eigenvalue weighted by Crippen LogP contribution is -2.31. The number of hydrogen-bond acceptors (Lipinski definition) is 5. The zero-order valence-corrected chi connectivity index (χ0v) is 13.9. The maximum Gasteiger partial charge on any atom is 0.228 e. The molecule has 0 spiro atoms. The van der Waals surface area contributed by atoms with Gasteiger partial charge >= 0.3 is 0 Å². The van der Waals surface area contributed by atoms with Gasteiger partial charge in [0.25, 0.3) is 0 Å². The molecule has 3 heterocycles. The zero-order valence-electron chi connectivity index (χ0n) is 13.9. The SMILES string of the molecule is Cc1cc(O)c(-c2nnc(N[C@@H]3CCCOC3)n3cccc23)c(F)c1. The molecule has 1 aliphatic rings. The number of benzene rings is 1. The summed E-state index contributed by atoms with van der Waals surface area (Å²) in [4.78, 5) is 0. The van der Waals surface area contributed by atoms with E-state index in [2.05, 4.69) is 15.5 Å². The summed E-state index contributed by atoms with van der Waals surface area (Å²) in [5, 5.41) is 22.0. The summed E-state index contributed by atoms with van der Waals surface area (Å²) in [5.41, 5.74) is 1.70. The Balaban J connectivity index is 1.78. The molecule has 6 nitrogen and oxygen atoms in total. The van der Waals surface area contributed by atoms with E-state index >= 15 is 0 Å². The average molecular weight is 342 g/mol. The maximum absolute atomic E-state index is 14.4. The molecule has 4 rings (SSSR count). The summed E-state index contributed by atoms with van der Waals surface area (Å²) in [6.07, 6.45) is 3.84. The second-order valence-electron chi connectivity index (χ2n) is 6.33. The van der Waals surface area contributed by atoms with Crippen molar-refractivity contribution in [1.29, 1.82) is 0 Å². The number of rotatable bonds is 3. The molecule has 0 radical (unpaired) electrons. The number of nitrogens with one attached hydrogen (secondary N) is 1. The number of fused-ring (bicyclic) bond motifs is 1. The van der Waals surface area contributed by atoms with Gasteiger partial charge in [-0.3, -0.25) is 4.40 Å². The van der Waals surface area contributed by atoms with E-state index in [-0.39, 0.29) is 17.4 Å². The van der Waals surface area contributed by atoms with Crippen LogP contribution in [0.15, 0.2) is 30.5 Å². The molecule has 2 aromatic heterocycles. The van der Waals surface area contributed by atoms with E-state index in [0.717, 1.165) is 19.4 Å². The van der Waals surface area contributed by atoms with E-state index in [0.29, 0.717) is 29.3 Å². The first-order chi connectivity index (χ1) is 12.1. The first-order valence-electron chi connectivity index (χ1n) is 8.31. The highest BCUT2D eigenvalue weighted by atomic mass is 19.1. The maximum atomic E-state index is 14.4. The van der Waals surface area contributed by atoms with E-state index in [9.17, 15) is 9.50 Å². The number of nitrogens with zero attached hydrogens (tertiary/aromatic N) is 3. The highest BCUT2D eigenvalue weighted by Gasteiger charge is 2.20. The number of phenolic OH excluding ortho intramolecular Hbond substituents is 1. The number of hydrogen-bond donors (Lipinski definition) is 2. The van der Waals surface area contributed by atoms with Crippen molar-refractivity contribution in [3.05, 3.63) is 41.8 Å². The van der Waals surface area contributed by atoms with Crippen LogP contribution in [0, 0.1) is 12.7 Å². The third kappa shape index (κ3) is 2.91. The predicted molar refractivity (Wildman–Crippen MR) is 92.2 cm³/mol. The van der Waals surface area contributed by atoms with Crippen molar-refractivity contribution < 1.29 is 14.2 Å². The van der Waals surface area contributed by atoms with Gasteiger partial charge in [0.15, 0.2) is 0 Å². The molecule has 0 bridgehead atoms. The highest BCUT2D eigenvalue weighted by Crippen LogP contribution is 2.34. The van der Waals surface area contributed by atoms with Crippen LogP contribution in [0.1, 0.15) is 18.4 Å². The Morgan fingerprint density at radius 2 is 2.24 bits per heavy atom. The first kappa shape index (κ1) is 15.8. The van der Waals surface area contributed by atoms with Gasteiger partial charge in [-0.15, -0.1) is 10.2 Å². The summed E-state index contributed by atoms with van der Waals surface area (Å²) in [6, 6.07) is 6.73. The lowest BCUT2D eigenvalue weighted by Gasteiger charge is -2.23. The van der Waals surface area contributed by atoms with Crippen LogP contribution in [0.4, 0.5) is 10.3 Å². The number of aryl methyl sites for hydroxylation is 1. The number of aromatic nitrogens is 3. The van der Waals surface area contributed by atoms with E-state index in [1.54, 1.807) is 6.92 Å². The van der Waals surface area contributed by atoms with Gasteiger partial charge in [0, 0.05) is 12.8 Å². The minimum absolute atomic E-state index is 0.0642. The summed E-state index contributed by atoms with van der Waals surface area (Å²) in [5.74, 6) is -0.0844. The molecule has 1 aromatic carbocycles. The topological polar surface area (TPSA) is 71.7 Å². The molecule has 1 saturated heterocycles. The third-order valence-electron chi connectivity index (χ3n) is 4.41. The molecular formula is C18H19FN4O2. The Hall–Kier alpha value is -2.67. The summed E-state index contributed by atoms with van der Waals surface area (Å²) >= 11 is 0. The van der Waals surface area contributed by atoms with Crippen molar-refractivity contribution in [2.75, 3.05) is 18.5 Å². The Kier molecular flexibility index (Phi) is 4.01. The van der Waals surface area contributed by atoms with Crippen molar-refractivity contribution in [2.24, 2.45) is 0 Å². The first-order valence-corrected chi connectivity index (χ1v) is 8.31. The fourth-order valence-corrected chi connectivity index (χ4v) is 3.23. The van der Waals surface area contributed by atoms with Crippen LogP contribution in [-0.4, -0.2) is 39.0 Å². The van der Waals surface area contributed by atoms with E-state index < -0.39 is 5.82 Å². The van der Waals surface area contributed by atoms with Crippen LogP contribution in [-0.2, 0) is 4.74 Å². The second-order valence-corrected chi connectivity index (χ2v) is 6.33. The molecule has 25 heavy (non-hydrogen) atoms. The lowest BCUT2D eigenvalue weighted by atomic mass is 10.1. The number of halogens is 1. The fraction of sp³-hybridized carbons (Fsp3) is 0.333. The van der Waals surface area contributed by atoms with Gasteiger partial charge in [0.2, 0.25) is 5.95 Å². The number of anilines is 1. The van der Waals surface area contributed by atoms with Crippen molar-refractivity contribution in [3.63, 3.8) is 0 Å². The van der Waals surface area contributed by atoms with Gasteiger partial charge in [-0.2, -0.15) is 0 Å². The second kappa shape index (κ2) is 6.33. The van der Waals surface area contributed by atoms with Crippen molar-refractivity contribution in [3.8, 4) is 17.0 Å². The standard InChI is InChI=1S/C18H19FN4O2/c1-11-8-13(19)16(15(24)9-11)17-14-5-2-6-23(14)18(22-21-17)20-12-4-3-7-25-10-12/h2,5-6,8-9,12,24H,3-4,7,10H2,1H3,(H,20,22)/t12-/m1/s1. The molecule has 0 saturated carbocycles. The van der Waals surface area contributed by atoms with Crippen LogP contribution < -0.4 is 5.32 Å². The van der Waals surface area contributed by atoms with Crippen LogP contribution in [0.25, 0.3) is 16.8 Å². The van der Waals surface area contributed by atoms with E-state index in [1.807, 2.05) is 22.7 Å². The van der Waals surface area contributed by atoms with Gasteiger partial charge in [-0.05, 0) is 49.6 Å². The largest absolute Gasteiger partial charge is 0.507 e.